The van der Waals surface area contributed by atoms with Crippen molar-refractivity contribution in [2.75, 3.05) is 0 Å². The van der Waals surface area contributed by atoms with Gasteiger partial charge in [0.15, 0.2) is 5.78 Å². The molecule has 0 fully saturated rings. The van der Waals surface area contributed by atoms with Gasteiger partial charge in [-0.3, -0.25) is 4.79 Å². The Morgan fingerprint density at radius 2 is 1.50 bits per heavy atom. The Bertz CT molecular complexity index is 476. The monoisotopic (exact) mass is 268 g/mol. The van der Waals surface area contributed by atoms with Crippen LogP contribution in [0.25, 0.3) is 0 Å². The highest BCUT2D eigenvalue weighted by atomic mass is 16.5. The maximum absolute atomic E-state index is 11.7. The van der Waals surface area contributed by atoms with Crippen LogP contribution in [0.5, 0.6) is 0 Å². The minimum atomic E-state index is -0.324. The fourth-order valence-corrected chi connectivity index (χ4v) is 2.12. The highest BCUT2D eigenvalue weighted by Gasteiger charge is 2.14. The molecule has 0 heterocycles. The Morgan fingerprint density at radius 1 is 0.950 bits per heavy atom. The zero-order chi connectivity index (χ0) is 14.2. The predicted molar refractivity (Wildman–Crippen MR) is 80.5 cm³/mol. The van der Waals surface area contributed by atoms with Crippen LogP contribution >= 0.6 is 0 Å². The maximum atomic E-state index is 11.7. The first-order chi connectivity index (χ1) is 9.75. The van der Waals surface area contributed by atoms with Crippen LogP contribution in [0, 0.1) is 0 Å². The van der Waals surface area contributed by atoms with Crippen molar-refractivity contribution < 1.29 is 9.53 Å². The molecule has 0 N–H and O–H groups in total. The molecule has 104 valence electrons. The van der Waals surface area contributed by atoms with Crippen LogP contribution in [0.3, 0.4) is 0 Å². The summed E-state index contributed by atoms with van der Waals surface area (Å²) in [6.45, 7) is 2.08. The fourth-order valence-electron chi connectivity index (χ4n) is 2.12. The van der Waals surface area contributed by atoms with Gasteiger partial charge in [-0.25, -0.2) is 0 Å². The lowest BCUT2D eigenvalue weighted by Crippen LogP contribution is -2.22. The van der Waals surface area contributed by atoms with Crippen LogP contribution in [0.15, 0.2) is 60.7 Å². The number of hydrogen-bond acceptors (Lipinski definition) is 2. The van der Waals surface area contributed by atoms with Crippen LogP contribution in [-0.4, -0.2) is 11.9 Å². The highest BCUT2D eigenvalue weighted by molar-refractivity contribution is 5.80. The van der Waals surface area contributed by atoms with Crippen molar-refractivity contribution in [2.24, 2.45) is 0 Å². The molecule has 0 aliphatic heterocycles. The zero-order valence-corrected chi connectivity index (χ0v) is 11.8. The van der Waals surface area contributed by atoms with Crippen LogP contribution in [0.2, 0.25) is 0 Å². The fraction of sp³-hybridized carbons (Fsp3) is 0.278. The summed E-state index contributed by atoms with van der Waals surface area (Å²) in [6.07, 6.45) is 1.27. The van der Waals surface area contributed by atoms with Crippen LogP contribution in [0.4, 0.5) is 0 Å². The topological polar surface area (TPSA) is 26.3 Å². The first-order valence-electron chi connectivity index (χ1n) is 6.95. The van der Waals surface area contributed by atoms with Gasteiger partial charge in [-0.2, -0.15) is 0 Å². The van der Waals surface area contributed by atoms with Gasteiger partial charge in [0, 0.05) is 0 Å². The number of benzene rings is 2. The first-order valence-corrected chi connectivity index (χ1v) is 6.95. The largest absolute Gasteiger partial charge is 0.366 e. The third-order valence-corrected chi connectivity index (χ3v) is 3.29. The minimum Gasteiger partial charge on any atom is -0.366 e. The highest BCUT2D eigenvalue weighted by Crippen LogP contribution is 2.11. The molecule has 0 spiro atoms. The molecular formula is C18H20O2. The molecule has 1 unspecified atom stereocenters. The molecule has 0 aliphatic rings. The van der Waals surface area contributed by atoms with E-state index < -0.39 is 0 Å². The average Bonchev–Trinajstić information content (AvgIpc) is 2.49. The van der Waals surface area contributed by atoms with Crippen molar-refractivity contribution >= 4 is 5.78 Å². The van der Waals surface area contributed by atoms with Gasteiger partial charge in [-0.15, -0.1) is 0 Å². The third-order valence-electron chi connectivity index (χ3n) is 3.29. The van der Waals surface area contributed by atoms with E-state index in [9.17, 15) is 4.79 Å². The minimum absolute atomic E-state index is 0.0943. The second-order valence-electron chi connectivity index (χ2n) is 4.92. The number of hydrogen-bond donors (Lipinski definition) is 0. The van der Waals surface area contributed by atoms with Gasteiger partial charge < -0.3 is 4.74 Å². The number of carbonyl (C=O) groups excluding carboxylic acids is 1. The van der Waals surface area contributed by atoms with E-state index in [1.54, 1.807) is 6.92 Å². The second-order valence-corrected chi connectivity index (χ2v) is 4.92. The molecule has 2 heteroatoms. The Labute approximate surface area is 120 Å². The van der Waals surface area contributed by atoms with E-state index in [4.69, 9.17) is 4.74 Å². The van der Waals surface area contributed by atoms with E-state index in [0.29, 0.717) is 6.61 Å². The Morgan fingerprint density at radius 3 is 2.05 bits per heavy atom. The maximum Gasteiger partial charge on any atom is 0.158 e. The lowest BCUT2D eigenvalue weighted by Gasteiger charge is -2.15. The molecule has 0 saturated carbocycles. The molecular weight excluding hydrogens is 248 g/mol. The summed E-state index contributed by atoms with van der Waals surface area (Å²) < 4.78 is 5.76. The average molecular weight is 268 g/mol. The Hall–Kier alpha value is -1.93. The van der Waals surface area contributed by atoms with Crippen LogP contribution < -0.4 is 0 Å². The molecule has 2 rings (SSSR count). The number of aryl methyl sites for hydroxylation is 1. The molecule has 2 nitrogen and oxygen atoms in total. The normalized spacial score (nSPS) is 12.1. The summed E-state index contributed by atoms with van der Waals surface area (Å²) in [5, 5.41) is 0. The van der Waals surface area contributed by atoms with Crippen molar-refractivity contribution in [3.63, 3.8) is 0 Å². The molecule has 2 aromatic rings. The van der Waals surface area contributed by atoms with Crippen molar-refractivity contribution in [1.29, 1.82) is 0 Å². The molecule has 0 aromatic heterocycles. The van der Waals surface area contributed by atoms with E-state index in [1.165, 1.54) is 5.56 Å². The predicted octanol–water partition coefficient (Wildman–Crippen LogP) is 3.79. The van der Waals surface area contributed by atoms with Gasteiger partial charge in [-0.1, -0.05) is 60.7 Å². The van der Waals surface area contributed by atoms with Gasteiger partial charge >= 0.3 is 0 Å². The molecule has 0 saturated heterocycles. The van der Waals surface area contributed by atoms with Crippen LogP contribution in [0.1, 0.15) is 24.5 Å². The first kappa shape index (κ1) is 14.5. The zero-order valence-electron chi connectivity index (χ0n) is 11.8. The summed E-state index contributed by atoms with van der Waals surface area (Å²) >= 11 is 0. The quantitative estimate of drug-likeness (QED) is 0.763. The summed E-state index contributed by atoms with van der Waals surface area (Å²) in [4.78, 5) is 11.7. The molecule has 0 aliphatic carbocycles. The Balaban J connectivity index is 1.86. The number of carbonyl (C=O) groups is 1. The number of rotatable bonds is 7. The van der Waals surface area contributed by atoms with Crippen molar-refractivity contribution in [2.45, 2.75) is 32.5 Å². The molecule has 20 heavy (non-hydrogen) atoms. The van der Waals surface area contributed by atoms with E-state index >= 15 is 0 Å². The molecule has 0 amide bonds. The lowest BCUT2D eigenvalue weighted by molar-refractivity contribution is -0.129. The number of ketones is 1. The molecule has 1 atom stereocenters. The van der Waals surface area contributed by atoms with Gasteiger partial charge in [-0.05, 0) is 30.9 Å². The molecule has 2 aromatic carbocycles. The SMILES string of the molecule is CC(=O)C(CCc1ccccc1)OCc1ccccc1. The van der Waals surface area contributed by atoms with Gasteiger partial charge in [0.25, 0.3) is 0 Å². The van der Waals surface area contributed by atoms with Crippen molar-refractivity contribution in [3.05, 3.63) is 71.8 Å². The number of ether oxygens (including phenoxy) is 1. The Kier molecular flexibility index (Phi) is 5.51. The van der Waals surface area contributed by atoms with E-state index in [1.807, 2.05) is 48.5 Å². The van der Waals surface area contributed by atoms with Crippen molar-refractivity contribution in [3.8, 4) is 0 Å². The van der Waals surface area contributed by atoms with Crippen LogP contribution in [-0.2, 0) is 22.6 Å². The molecule has 0 bridgehead atoms. The van der Waals surface area contributed by atoms with Gasteiger partial charge in [0.05, 0.1) is 6.61 Å². The van der Waals surface area contributed by atoms with Gasteiger partial charge in [0.2, 0.25) is 0 Å². The summed E-state index contributed by atoms with van der Waals surface area (Å²) in [7, 11) is 0. The lowest BCUT2D eigenvalue weighted by atomic mass is 10.0. The third kappa shape index (κ3) is 4.63. The summed E-state index contributed by atoms with van der Waals surface area (Å²) in [6, 6.07) is 20.1. The van der Waals surface area contributed by atoms with Gasteiger partial charge in [0.1, 0.15) is 6.10 Å². The number of Topliss-reactive ketones (excluding diaryl/α,β-unsaturated/α-hetero) is 1. The summed E-state index contributed by atoms with van der Waals surface area (Å²) in [5.74, 6) is 0.0943. The summed E-state index contributed by atoms with van der Waals surface area (Å²) in [5.41, 5.74) is 2.33. The van der Waals surface area contributed by atoms with E-state index in [0.717, 1.165) is 18.4 Å². The molecule has 0 radical (unpaired) electrons. The standard InChI is InChI=1S/C18H20O2/c1-15(19)18(13-12-16-8-4-2-5-9-16)20-14-17-10-6-3-7-11-17/h2-11,18H,12-14H2,1H3. The van der Waals surface area contributed by atoms with E-state index in [2.05, 4.69) is 12.1 Å². The smallest absolute Gasteiger partial charge is 0.158 e. The van der Waals surface area contributed by atoms with E-state index in [-0.39, 0.29) is 11.9 Å². The van der Waals surface area contributed by atoms with Crippen molar-refractivity contribution in [1.82, 2.24) is 0 Å². The second kappa shape index (κ2) is 7.61.